The standard InChI is InChI=1S/C15H15N3O3S2/c1-9-13(23-10(2)16-9)14(19)17-7-8-22-15(17)11-3-5-12(6-4-11)18(20)21/h3-6,15H,7-8H2,1-2H3. The molecule has 120 valence electrons. The van der Waals surface area contributed by atoms with Gasteiger partial charge in [-0.05, 0) is 31.5 Å². The maximum atomic E-state index is 12.8. The van der Waals surface area contributed by atoms with Crippen molar-refractivity contribution in [1.82, 2.24) is 9.88 Å². The zero-order valence-corrected chi connectivity index (χ0v) is 14.3. The van der Waals surface area contributed by atoms with E-state index in [1.54, 1.807) is 23.9 Å². The second kappa shape index (κ2) is 6.29. The summed E-state index contributed by atoms with van der Waals surface area (Å²) >= 11 is 3.08. The van der Waals surface area contributed by atoms with Crippen molar-refractivity contribution in [3.8, 4) is 0 Å². The summed E-state index contributed by atoms with van der Waals surface area (Å²) in [4.78, 5) is 30.0. The molecule has 1 saturated heterocycles. The number of rotatable bonds is 3. The van der Waals surface area contributed by atoms with Gasteiger partial charge in [-0.3, -0.25) is 14.9 Å². The fourth-order valence-corrected chi connectivity index (χ4v) is 4.71. The summed E-state index contributed by atoms with van der Waals surface area (Å²) in [5.41, 5.74) is 1.73. The third-order valence-electron chi connectivity index (χ3n) is 3.64. The minimum absolute atomic E-state index is 0.0125. The number of aryl methyl sites for hydroxylation is 2. The number of carbonyl (C=O) groups is 1. The van der Waals surface area contributed by atoms with Crippen molar-refractivity contribution in [3.63, 3.8) is 0 Å². The van der Waals surface area contributed by atoms with Crippen LogP contribution in [0.5, 0.6) is 0 Å². The predicted molar refractivity (Wildman–Crippen MR) is 90.9 cm³/mol. The number of nitrogens with zero attached hydrogens (tertiary/aromatic N) is 3. The van der Waals surface area contributed by atoms with Gasteiger partial charge in [-0.15, -0.1) is 23.1 Å². The van der Waals surface area contributed by atoms with E-state index >= 15 is 0 Å². The molecule has 1 atom stereocenters. The van der Waals surface area contributed by atoms with Gasteiger partial charge in [-0.25, -0.2) is 4.98 Å². The molecule has 1 aliphatic rings. The Morgan fingerprint density at radius 3 is 2.61 bits per heavy atom. The van der Waals surface area contributed by atoms with Crippen molar-refractivity contribution in [2.24, 2.45) is 0 Å². The Morgan fingerprint density at radius 1 is 1.35 bits per heavy atom. The second-order valence-corrected chi connectivity index (χ2v) is 7.61. The van der Waals surface area contributed by atoms with Gasteiger partial charge in [0.1, 0.15) is 10.3 Å². The van der Waals surface area contributed by atoms with Crippen molar-refractivity contribution >= 4 is 34.7 Å². The van der Waals surface area contributed by atoms with Crippen LogP contribution in [0.1, 0.15) is 31.3 Å². The molecule has 1 aromatic carbocycles. The Morgan fingerprint density at radius 2 is 2.04 bits per heavy atom. The van der Waals surface area contributed by atoms with Gasteiger partial charge in [0.2, 0.25) is 0 Å². The Kier molecular flexibility index (Phi) is 4.36. The molecule has 0 spiro atoms. The average molecular weight is 349 g/mol. The van der Waals surface area contributed by atoms with Gasteiger partial charge >= 0.3 is 0 Å². The van der Waals surface area contributed by atoms with E-state index in [1.807, 2.05) is 18.7 Å². The molecule has 6 nitrogen and oxygen atoms in total. The number of hydrogen-bond donors (Lipinski definition) is 0. The van der Waals surface area contributed by atoms with Crippen LogP contribution >= 0.6 is 23.1 Å². The highest BCUT2D eigenvalue weighted by molar-refractivity contribution is 7.99. The Bertz CT molecular complexity index is 758. The van der Waals surface area contributed by atoms with E-state index in [9.17, 15) is 14.9 Å². The summed E-state index contributed by atoms with van der Waals surface area (Å²) in [7, 11) is 0. The van der Waals surface area contributed by atoms with E-state index in [0.29, 0.717) is 11.4 Å². The lowest BCUT2D eigenvalue weighted by molar-refractivity contribution is -0.384. The summed E-state index contributed by atoms with van der Waals surface area (Å²) in [5, 5.41) is 11.5. The van der Waals surface area contributed by atoms with E-state index in [2.05, 4.69) is 4.98 Å². The molecule has 0 N–H and O–H groups in total. The summed E-state index contributed by atoms with van der Waals surface area (Å²) < 4.78 is 0. The number of amides is 1. The Balaban J connectivity index is 1.86. The highest BCUT2D eigenvalue weighted by Crippen LogP contribution is 2.39. The number of thiazole rings is 1. The Labute approximate surface area is 141 Å². The van der Waals surface area contributed by atoms with Crippen LogP contribution in [0.2, 0.25) is 0 Å². The van der Waals surface area contributed by atoms with Crippen LogP contribution in [-0.4, -0.2) is 33.0 Å². The van der Waals surface area contributed by atoms with E-state index in [4.69, 9.17) is 0 Å². The topological polar surface area (TPSA) is 76.3 Å². The average Bonchev–Trinajstić information content (AvgIpc) is 3.13. The maximum absolute atomic E-state index is 12.8. The highest BCUT2D eigenvalue weighted by atomic mass is 32.2. The van der Waals surface area contributed by atoms with Crippen molar-refractivity contribution in [3.05, 3.63) is 55.5 Å². The van der Waals surface area contributed by atoms with Gasteiger partial charge in [0.25, 0.3) is 11.6 Å². The summed E-state index contributed by atoms with van der Waals surface area (Å²) in [6.45, 7) is 4.41. The molecule has 2 heterocycles. The van der Waals surface area contributed by atoms with E-state index < -0.39 is 4.92 Å². The van der Waals surface area contributed by atoms with Crippen LogP contribution < -0.4 is 0 Å². The van der Waals surface area contributed by atoms with E-state index in [1.165, 1.54) is 23.5 Å². The van der Waals surface area contributed by atoms with Gasteiger partial charge in [0, 0.05) is 24.4 Å². The number of benzene rings is 1. The van der Waals surface area contributed by atoms with Gasteiger partial charge in [-0.1, -0.05) is 0 Å². The minimum Gasteiger partial charge on any atom is -0.321 e. The first-order valence-corrected chi connectivity index (χ1v) is 8.95. The molecule has 1 aliphatic heterocycles. The van der Waals surface area contributed by atoms with Gasteiger partial charge in [0.05, 0.1) is 15.6 Å². The molecular weight excluding hydrogens is 334 g/mol. The molecule has 0 radical (unpaired) electrons. The zero-order chi connectivity index (χ0) is 16.6. The van der Waals surface area contributed by atoms with Crippen LogP contribution in [0.3, 0.4) is 0 Å². The number of thioether (sulfide) groups is 1. The Hall–Kier alpha value is -1.93. The van der Waals surface area contributed by atoms with Crippen LogP contribution in [0, 0.1) is 24.0 Å². The molecule has 1 unspecified atom stereocenters. The smallest absolute Gasteiger partial charge is 0.269 e. The van der Waals surface area contributed by atoms with Gasteiger partial charge in [0.15, 0.2) is 0 Å². The molecule has 0 bridgehead atoms. The fourth-order valence-electron chi connectivity index (χ4n) is 2.57. The molecule has 3 rings (SSSR count). The van der Waals surface area contributed by atoms with Gasteiger partial charge < -0.3 is 4.90 Å². The maximum Gasteiger partial charge on any atom is 0.269 e. The molecule has 1 aromatic heterocycles. The molecule has 0 saturated carbocycles. The molecule has 2 aromatic rings. The van der Waals surface area contributed by atoms with Crippen molar-refractivity contribution in [2.75, 3.05) is 12.3 Å². The fraction of sp³-hybridized carbons (Fsp3) is 0.333. The van der Waals surface area contributed by atoms with Crippen molar-refractivity contribution in [2.45, 2.75) is 19.2 Å². The lowest BCUT2D eigenvalue weighted by atomic mass is 10.2. The number of nitro groups is 1. The quantitative estimate of drug-likeness (QED) is 0.625. The molecule has 23 heavy (non-hydrogen) atoms. The SMILES string of the molecule is Cc1nc(C)c(C(=O)N2CCSC2c2ccc([N+](=O)[O-])cc2)s1. The number of aromatic nitrogens is 1. The first-order chi connectivity index (χ1) is 11.0. The van der Waals surface area contributed by atoms with Crippen LogP contribution in [-0.2, 0) is 0 Å². The summed E-state index contributed by atoms with van der Waals surface area (Å²) in [6, 6.07) is 6.43. The number of non-ortho nitro benzene ring substituents is 1. The minimum atomic E-state index is -0.419. The molecule has 1 amide bonds. The molecule has 1 fully saturated rings. The lowest BCUT2D eigenvalue weighted by Crippen LogP contribution is -2.30. The summed E-state index contributed by atoms with van der Waals surface area (Å²) in [5.74, 6) is 0.839. The monoisotopic (exact) mass is 349 g/mol. The second-order valence-electron chi connectivity index (χ2n) is 5.22. The molecule has 8 heteroatoms. The lowest BCUT2D eigenvalue weighted by Gasteiger charge is -2.23. The van der Waals surface area contributed by atoms with Crippen molar-refractivity contribution in [1.29, 1.82) is 0 Å². The van der Waals surface area contributed by atoms with Crippen LogP contribution in [0.15, 0.2) is 24.3 Å². The number of nitro benzene ring substituents is 1. The largest absolute Gasteiger partial charge is 0.321 e. The molecule has 0 aliphatic carbocycles. The number of carbonyl (C=O) groups excluding carboxylic acids is 1. The first-order valence-electron chi connectivity index (χ1n) is 7.08. The predicted octanol–water partition coefficient (Wildman–Crippen LogP) is 3.56. The highest BCUT2D eigenvalue weighted by Gasteiger charge is 2.33. The molecular formula is C15H15N3O3S2. The van der Waals surface area contributed by atoms with Crippen LogP contribution in [0.25, 0.3) is 0 Å². The van der Waals surface area contributed by atoms with Crippen molar-refractivity contribution < 1.29 is 9.72 Å². The summed E-state index contributed by atoms with van der Waals surface area (Å²) in [6.07, 6.45) is 0. The van der Waals surface area contributed by atoms with Crippen LogP contribution in [0.4, 0.5) is 5.69 Å². The van der Waals surface area contributed by atoms with E-state index in [0.717, 1.165) is 22.0 Å². The number of hydrogen-bond acceptors (Lipinski definition) is 6. The van der Waals surface area contributed by atoms with E-state index in [-0.39, 0.29) is 17.0 Å². The zero-order valence-electron chi connectivity index (χ0n) is 12.7. The third kappa shape index (κ3) is 3.09. The first kappa shape index (κ1) is 15.9. The third-order valence-corrected chi connectivity index (χ3v) is 5.96. The van der Waals surface area contributed by atoms with Gasteiger partial charge in [-0.2, -0.15) is 0 Å². The normalized spacial score (nSPS) is 17.5.